The van der Waals surface area contributed by atoms with Crippen LogP contribution < -0.4 is 25.1 Å². The van der Waals surface area contributed by atoms with Gasteiger partial charge < -0.3 is 14.2 Å². The largest absolute Gasteiger partial charge is 0.497 e. The molecule has 0 fully saturated rings. The van der Waals surface area contributed by atoms with Gasteiger partial charge in [0.05, 0.1) is 7.11 Å². The Hall–Kier alpha value is -4.00. The lowest BCUT2D eigenvalue weighted by molar-refractivity contribution is -0.131. The Morgan fingerprint density at radius 3 is 1.93 bits per heavy atom. The van der Waals surface area contributed by atoms with Gasteiger partial charge in [0.2, 0.25) is 0 Å². The summed E-state index contributed by atoms with van der Waals surface area (Å²) in [5.74, 6) is 0.790. The van der Waals surface area contributed by atoms with Crippen LogP contribution in [0.5, 0.6) is 17.2 Å². The lowest BCUT2D eigenvalue weighted by Gasteiger charge is -2.12. The molecule has 0 radical (unpaired) electrons. The zero-order valence-corrected chi connectivity index (χ0v) is 16.5. The molecule has 3 rings (SSSR count). The minimum Gasteiger partial charge on any atom is -0.497 e. The molecular formula is C23H22N2O5. The Balaban J connectivity index is 1.43. The van der Waals surface area contributed by atoms with Gasteiger partial charge >= 0.3 is 0 Å². The summed E-state index contributed by atoms with van der Waals surface area (Å²) < 4.78 is 16.0. The third kappa shape index (κ3) is 6.00. The van der Waals surface area contributed by atoms with Crippen LogP contribution in [0.1, 0.15) is 0 Å². The molecule has 7 heteroatoms. The third-order valence-corrected chi connectivity index (χ3v) is 4.10. The Morgan fingerprint density at radius 2 is 1.27 bits per heavy atom. The summed E-state index contributed by atoms with van der Waals surface area (Å²) in [4.78, 5) is 23.8. The maximum absolute atomic E-state index is 12.0. The summed E-state index contributed by atoms with van der Waals surface area (Å²) in [7, 11) is 1.57. The van der Waals surface area contributed by atoms with Crippen molar-refractivity contribution >= 4 is 11.8 Å². The van der Waals surface area contributed by atoms with Gasteiger partial charge in [-0.25, -0.2) is 0 Å². The Bertz CT molecular complexity index is 974. The SMILES string of the molecule is COc1ccc(OCC(=O)NNC(=O)COc2ccccc2-c2ccccc2)cc1. The molecule has 0 bridgehead atoms. The summed E-state index contributed by atoms with van der Waals surface area (Å²) in [6.07, 6.45) is 0. The van der Waals surface area contributed by atoms with E-state index in [0.717, 1.165) is 11.1 Å². The Morgan fingerprint density at radius 1 is 0.700 bits per heavy atom. The van der Waals surface area contributed by atoms with Gasteiger partial charge in [-0.15, -0.1) is 0 Å². The van der Waals surface area contributed by atoms with Gasteiger partial charge in [0.1, 0.15) is 17.2 Å². The molecule has 0 unspecified atom stereocenters. The van der Waals surface area contributed by atoms with Crippen molar-refractivity contribution in [2.75, 3.05) is 20.3 Å². The molecule has 0 saturated carbocycles. The number of nitrogens with one attached hydrogen (secondary N) is 2. The lowest BCUT2D eigenvalue weighted by Crippen LogP contribution is -2.45. The van der Waals surface area contributed by atoms with Gasteiger partial charge in [-0.2, -0.15) is 0 Å². The summed E-state index contributed by atoms with van der Waals surface area (Å²) in [5, 5.41) is 0. The monoisotopic (exact) mass is 406 g/mol. The standard InChI is InChI=1S/C23H22N2O5/c1-28-18-11-13-19(14-12-18)29-15-22(26)24-25-23(27)16-30-21-10-6-5-9-20(21)17-7-3-2-4-8-17/h2-14H,15-16H2,1H3,(H,24,26)(H,25,27). The van der Waals surface area contributed by atoms with Crippen molar-refractivity contribution in [2.24, 2.45) is 0 Å². The summed E-state index contributed by atoms with van der Waals surface area (Å²) in [5.41, 5.74) is 6.45. The highest BCUT2D eigenvalue weighted by Gasteiger charge is 2.09. The van der Waals surface area contributed by atoms with Crippen LogP contribution in [-0.4, -0.2) is 32.1 Å². The van der Waals surface area contributed by atoms with E-state index in [-0.39, 0.29) is 13.2 Å². The normalized spacial score (nSPS) is 10.0. The molecule has 154 valence electrons. The average molecular weight is 406 g/mol. The van der Waals surface area contributed by atoms with E-state index in [2.05, 4.69) is 10.9 Å². The zero-order valence-electron chi connectivity index (χ0n) is 16.5. The predicted octanol–water partition coefficient (Wildman–Crippen LogP) is 2.97. The number of para-hydroxylation sites is 1. The van der Waals surface area contributed by atoms with Crippen LogP contribution >= 0.6 is 0 Å². The van der Waals surface area contributed by atoms with Gasteiger partial charge in [0, 0.05) is 5.56 Å². The van der Waals surface area contributed by atoms with E-state index in [9.17, 15) is 9.59 Å². The molecule has 0 aliphatic rings. The molecule has 0 heterocycles. The minimum absolute atomic E-state index is 0.246. The molecule has 0 aliphatic carbocycles. The van der Waals surface area contributed by atoms with E-state index in [0.29, 0.717) is 17.2 Å². The summed E-state index contributed by atoms with van der Waals surface area (Å²) >= 11 is 0. The van der Waals surface area contributed by atoms with Gasteiger partial charge in [-0.05, 0) is 35.9 Å². The number of ether oxygens (including phenoxy) is 3. The molecule has 3 aromatic rings. The highest BCUT2D eigenvalue weighted by molar-refractivity contribution is 5.83. The highest BCUT2D eigenvalue weighted by atomic mass is 16.5. The summed E-state index contributed by atoms with van der Waals surface area (Å²) in [6, 6.07) is 24.0. The average Bonchev–Trinajstić information content (AvgIpc) is 2.81. The van der Waals surface area contributed by atoms with Crippen LogP contribution in [0.2, 0.25) is 0 Å². The minimum atomic E-state index is -0.496. The Kier molecular flexibility index (Phi) is 7.27. The molecule has 0 atom stereocenters. The predicted molar refractivity (Wildman–Crippen MR) is 112 cm³/mol. The number of hydrogen-bond acceptors (Lipinski definition) is 5. The molecule has 3 aromatic carbocycles. The first-order chi connectivity index (χ1) is 14.7. The number of hydrazine groups is 1. The molecule has 0 aliphatic heterocycles. The fourth-order valence-electron chi connectivity index (χ4n) is 2.62. The van der Waals surface area contributed by atoms with Crippen molar-refractivity contribution < 1.29 is 23.8 Å². The van der Waals surface area contributed by atoms with E-state index >= 15 is 0 Å². The first-order valence-corrected chi connectivity index (χ1v) is 9.27. The smallest absolute Gasteiger partial charge is 0.276 e. The van der Waals surface area contributed by atoms with Crippen LogP contribution in [0.25, 0.3) is 11.1 Å². The van der Waals surface area contributed by atoms with E-state index < -0.39 is 11.8 Å². The van der Waals surface area contributed by atoms with Crippen LogP contribution in [0.3, 0.4) is 0 Å². The highest BCUT2D eigenvalue weighted by Crippen LogP contribution is 2.29. The number of hydrogen-bond donors (Lipinski definition) is 2. The van der Waals surface area contributed by atoms with Gasteiger partial charge in [0.15, 0.2) is 13.2 Å². The van der Waals surface area contributed by atoms with Gasteiger partial charge in [0.25, 0.3) is 11.8 Å². The summed E-state index contributed by atoms with van der Waals surface area (Å²) in [6.45, 7) is -0.492. The quantitative estimate of drug-likeness (QED) is 0.562. The number of rotatable bonds is 8. The van der Waals surface area contributed by atoms with Crippen molar-refractivity contribution in [3.05, 3.63) is 78.9 Å². The number of carbonyl (C=O) groups excluding carboxylic acids is 2. The topological polar surface area (TPSA) is 85.9 Å². The van der Waals surface area contributed by atoms with Gasteiger partial charge in [-0.1, -0.05) is 48.5 Å². The van der Waals surface area contributed by atoms with Crippen molar-refractivity contribution in [3.8, 4) is 28.4 Å². The second kappa shape index (κ2) is 10.5. The molecule has 2 amide bonds. The van der Waals surface area contributed by atoms with E-state index in [1.807, 2.05) is 48.5 Å². The second-order valence-corrected chi connectivity index (χ2v) is 6.21. The van der Waals surface area contributed by atoms with Crippen molar-refractivity contribution in [2.45, 2.75) is 0 Å². The first kappa shape index (κ1) is 20.7. The lowest BCUT2D eigenvalue weighted by atomic mass is 10.1. The molecular weight excluding hydrogens is 384 g/mol. The fraction of sp³-hybridized carbons (Fsp3) is 0.130. The van der Waals surface area contributed by atoms with E-state index in [1.165, 1.54) is 0 Å². The molecule has 2 N–H and O–H groups in total. The van der Waals surface area contributed by atoms with Crippen LogP contribution in [0, 0.1) is 0 Å². The maximum Gasteiger partial charge on any atom is 0.276 e. The van der Waals surface area contributed by atoms with Crippen molar-refractivity contribution in [3.63, 3.8) is 0 Å². The number of amides is 2. The fourth-order valence-corrected chi connectivity index (χ4v) is 2.62. The van der Waals surface area contributed by atoms with E-state index in [1.54, 1.807) is 37.4 Å². The van der Waals surface area contributed by atoms with E-state index in [4.69, 9.17) is 14.2 Å². The van der Waals surface area contributed by atoms with Gasteiger partial charge in [-0.3, -0.25) is 20.4 Å². The molecule has 7 nitrogen and oxygen atoms in total. The van der Waals surface area contributed by atoms with Crippen molar-refractivity contribution in [1.82, 2.24) is 10.9 Å². The maximum atomic E-state index is 12.0. The number of methoxy groups -OCH3 is 1. The first-order valence-electron chi connectivity index (χ1n) is 9.27. The second-order valence-electron chi connectivity index (χ2n) is 6.21. The van der Waals surface area contributed by atoms with Crippen LogP contribution in [0.15, 0.2) is 78.9 Å². The number of carbonyl (C=O) groups is 2. The molecule has 0 aromatic heterocycles. The zero-order chi connectivity index (χ0) is 21.2. The Labute approximate surface area is 174 Å². The van der Waals surface area contributed by atoms with Crippen molar-refractivity contribution in [1.29, 1.82) is 0 Å². The molecule has 0 saturated heterocycles. The number of benzene rings is 3. The molecule has 30 heavy (non-hydrogen) atoms. The van der Waals surface area contributed by atoms with Crippen LogP contribution in [-0.2, 0) is 9.59 Å². The van der Waals surface area contributed by atoms with Crippen LogP contribution in [0.4, 0.5) is 0 Å². The molecule has 0 spiro atoms. The third-order valence-electron chi connectivity index (χ3n) is 4.10.